The van der Waals surface area contributed by atoms with Crippen molar-refractivity contribution < 1.29 is 4.89 Å². The summed E-state index contributed by atoms with van der Waals surface area (Å²) < 4.78 is 0. The second-order valence-corrected chi connectivity index (χ2v) is 3.52. The Morgan fingerprint density at radius 1 is 1.60 bits per heavy atom. The normalized spacial score (nSPS) is 34.2. The van der Waals surface area contributed by atoms with Crippen molar-refractivity contribution in [3.63, 3.8) is 0 Å². The molecule has 1 rings (SSSR count). The van der Waals surface area contributed by atoms with Gasteiger partial charge in [0.05, 0.1) is 0 Å². The first-order chi connectivity index (χ1) is 4.86. The van der Waals surface area contributed by atoms with Crippen LogP contribution in [0.15, 0.2) is 0 Å². The van der Waals surface area contributed by atoms with Gasteiger partial charge in [-0.25, -0.2) is 0 Å². The quantitative estimate of drug-likeness (QED) is 0.625. The van der Waals surface area contributed by atoms with Crippen LogP contribution in [-0.4, -0.2) is 6.04 Å². The molecule has 0 heterocycles. The van der Waals surface area contributed by atoms with Gasteiger partial charge in [0.1, 0.15) is 0 Å². The van der Waals surface area contributed by atoms with E-state index in [4.69, 9.17) is 0 Å². The maximum Gasteiger partial charge on any atom is 0.00914 e. The van der Waals surface area contributed by atoms with Crippen molar-refractivity contribution in [1.82, 2.24) is 5.09 Å². The summed E-state index contributed by atoms with van der Waals surface area (Å²) in [6.07, 6.45) is 5.04. The third-order valence-corrected chi connectivity index (χ3v) is 2.91. The van der Waals surface area contributed by atoms with Gasteiger partial charge in [0.15, 0.2) is 0 Å². The van der Waals surface area contributed by atoms with Crippen LogP contribution in [0.1, 0.15) is 32.6 Å². The monoisotopic (exact) mass is 160 g/mol. The summed E-state index contributed by atoms with van der Waals surface area (Å²) in [5.41, 5.74) is 0. The number of nitrogens with one attached hydrogen (secondary N) is 1. The summed E-state index contributed by atoms with van der Waals surface area (Å²) in [5.74, 6) is 0.883. The first kappa shape index (κ1) is 8.45. The number of rotatable bonds is 3. The summed E-state index contributed by atoms with van der Waals surface area (Å²) in [6, 6.07) is 0.542. The van der Waals surface area contributed by atoms with E-state index in [1.54, 1.807) is 0 Å². The summed E-state index contributed by atoms with van der Waals surface area (Å²) >= 11 is 0. The van der Waals surface area contributed by atoms with Gasteiger partial charge >= 0.3 is 0 Å². The predicted molar refractivity (Wildman–Crippen MR) is 42.9 cm³/mol. The molecule has 0 aromatic rings. The van der Waals surface area contributed by atoms with E-state index in [1.165, 1.54) is 25.7 Å². The van der Waals surface area contributed by atoms with Crippen LogP contribution in [0.3, 0.4) is 0 Å². The first-order valence-corrected chi connectivity index (χ1v) is 4.90. The Bertz CT molecular complexity index is 99.6. The van der Waals surface area contributed by atoms with Gasteiger partial charge < -0.3 is 9.98 Å². The van der Waals surface area contributed by atoms with E-state index in [0.717, 1.165) is 5.92 Å². The molecule has 0 spiro atoms. The lowest BCUT2D eigenvalue weighted by Crippen LogP contribution is -2.20. The van der Waals surface area contributed by atoms with E-state index in [1.807, 2.05) is 0 Å². The molecule has 1 saturated carbocycles. The van der Waals surface area contributed by atoms with E-state index in [-0.39, 0.29) is 8.96 Å². The molecule has 60 valence electrons. The van der Waals surface area contributed by atoms with Crippen LogP contribution >= 0.6 is 8.96 Å². The minimum atomic E-state index is -0.317. The Kier molecular flexibility index (Phi) is 3.61. The van der Waals surface area contributed by atoms with Crippen molar-refractivity contribution in [1.29, 1.82) is 0 Å². The van der Waals surface area contributed by atoms with E-state index >= 15 is 0 Å². The molecule has 0 aliphatic heterocycles. The predicted octanol–water partition coefficient (Wildman–Crippen LogP) is 1.02. The fraction of sp³-hybridized carbons (Fsp3) is 1.00. The molecule has 1 N–H and O–H groups in total. The number of hydrogen-bond acceptors (Lipinski definition) is 2. The molecule has 10 heavy (non-hydrogen) atoms. The lowest BCUT2D eigenvalue weighted by atomic mass is 10.1. The van der Waals surface area contributed by atoms with Crippen molar-refractivity contribution in [3.05, 3.63) is 0 Å². The SMILES string of the molecule is CCC1CCC(NP[O-])C1. The van der Waals surface area contributed by atoms with Gasteiger partial charge in [-0.2, -0.15) is 0 Å². The minimum absolute atomic E-state index is 0.317. The maximum atomic E-state index is 10.2. The van der Waals surface area contributed by atoms with Crippen LogP contribution in [0.4, 0.5) is 0 Å². The summed E-state index contributed by atoms with van der Waals surface area (Å²) in [4.78, 5) is 10.2. The average Bonchev–Trinajstić information content (AvgIpc) is 2.37. The van der Waals surface area contributed by atoms with Crippen molar-refractivity contribution >= 4 is 8.96 Å². The van der Waals surface area contributed by atoms with Crippen LogP contribution in [0.2, 0.25) is 0 Å². The highest BCUT2D eigenvalue weighted by Crippen LogP contribution is 2.28. The highest BCUT2D eigenvalue weighted by Gasteiger charge is 2.21. The van der Waals surface area contributed by atoms with Crippen molar-refractivity contribution in [3.8, 4) is 0 Å². The fourth-order valence-corrected chi connectivity index (χ4v) is 2.09. The summed E-state index contributed by atoms with van der Waals surface area (Å²) in [7, 11) is -0.317. The molecule has 0 amide bonds. The smallest absolute Gasteiger partial charge is 0.00914 e. The van der Waals surface area contributed by atoms with E-state index in [2.05, 4.69) is 12.0 Å². The first-order valence-electron chi connectivity index (χ1n) is 3.99. The Balaban J connectivity index is 2.15. The highest BCUT2D eigenvalue weighted by molar-refractivity contribution is 7.26. The Morgan fingerprint density at radius 3 is 2.90 bits per heavy atom. The molecule has 3 heteroatoms. The van der Waals surface area contributed by atoms with Gasteiger partial charge in [0, 0.05) is 6.04 Å². The van der Waals surface area contributed by atoms with Gasteiger partial charge in [-0.05, 0) is 25.2 Å². The Labute approximate surface area is 64.3 Å². The third-order valence-electron chi connectivity index (χ3n) is 2.38. The molecule has 0 saturated heterocycles. The van der Waals surface area contributed by atoms with Crippen molar-refractivity contribution in [2.75, 3.05) is 0 Å². The topological polar surface area (TPSA) is 35.1 Å². The fourth-order valence-electron chi connectivity index (χ4n) is 1.66. The molecule has 1 aliphatic carbocycles. The molecule has 0 aromatic heterocycles. The Morgan fingerprint density at radius 2 is 2.40 bits per heavy atom. The molecule has 0 aromatic carbocycles. The summed E-state index contributed by atoms with van der Waals surface area (Å²) in [5, 5.41) is 2.98. The zero-order chi connectivity index (χ0) is 7.40. The maximum absolute atomic E-state index is 10.2. The standard InChI is InChI=1S/C7H15NOP/c1-2-6-3-4-7(5-6)8-10-9/h6-8,10H,2-5H2,1H3/q-1. The lowest BCUT2D eigenvalue weighted by molar-refractivity contribution is -0.153. The molecule has 1 aliphatic rings. The summed E-state index contributed by atoms with van der Waals surface area (Å²) in [6.45, 7) is 2.23. The zero-order valence-corrected chi connectivity index (χ0v) is 7.39. The molecule has 3 atom stereocenters. The van der Waals surface area contributed by atoms with Crippen LogP contribution in [0, 0.1) is 5.92 Å². The van der Waals surface area contributed by atoms with Gasteiger partial charge in [0.2, 0.25) is 0 Å². The number of hydrogen-bond donors (Lipinski definition) is 1. The van der Waals surface area contributed by atoms with Gasteiger partial charge in [-0.1, -0.05) is 13.3 Å². The zero-order valence-electron chi connectivity index (χ0n) is 6.39. The van der Waals surface area contributed by atoms with Crippen LogP contribution in [-0.2, 0) is 0 Å². The molecule has 1 fully saturated rings. The molecule has 3 unspecified atom stereocenters. The van der Waals surface area contributed by atoms with Crippen molar-refractivity contribution in [2.24, 2.45) is 5.92 Å². The van der Waals surface area contributed by atoms with Gasteiger partial charge in [0.25, 0.3) is 0 Å². The van der Waals surface area contributed by atoms with Gasteiger partial charge in [-0.15, -0.1) is 8.96 Å². The molecule has 0 radical (unpaired) electrons. The molecule has 2 nitrogen and oxygen atoms in total. The van der Waals surface area contributed by atoms with E-state index in [9.17, 15) is 4.89 Å². The van der Waals surface area contributed by atoms with E-state index in [0.29, 0.717) is 6.04 Å². The third kappa shape index (κ3) is 2.19. The Hall–Kier alpha value is 0.350. The van der Waals surface area contributed by atoms with Crippen LogP contribution < -0.4 is 9.98 Å². The van der Waals surface area contributed by atoms with Crippen molar-refractivity contribution in [2.45, 2.75) is 38.6 Å². The van der Waals surface area contributed by atoms with Crippen LogP contribution in [0.25, 0.3) is 0 Å². The van der Waals surface area contributed by atoms with E-state index < -0.39 is 0 Å². The second-order valence-electron chi connectivity index (χ2n) is 3.03. The highest BCUT2D eigenvalue weighted by atomic mass is 31.1. The minimum Gasteiger partial charge on any atom is -0.820 e. The molecular formula is C7H15NOP-. The lowest BCUT2D eigenvalue weighted by Gasteiger charge is -2.14. The van der Waals surface area contributed by atoms with Gasteiger partial charge in [-0.3, -0.25) is 0 Å². The average molecular weight is 160 g/mol. The molecule has 0 bridgehead atoms. The molecular weight excluding hydrogens is 145 g/mol. The van der Waals surface area contributed by atoms with Crippen LogP contribution in [0.5, 0.6) is 0 Å². The largest absolute Gasteiger partial charge is 0.820 e. The second kappa shape index (κ2) is 4.27.